The van der Waals surface area contributed by atoms with Crippen molar-refractivity contribution in [2.24, 2.45) is 0 Å². The second-order valence-corrected chi connectivity index (χ2v) is 3.44. The van der Waals surface area contributed by atoms with E-state index in [-0.39, 0.29) is 12.0 Å². The minimum Gasteiger partial charge on any atom is -0.423 e. The summed E-state index contributed by atoms with van der Waals surface area (Å²) in [5.41, 5.74) is 1.29. The summed E-state index contributed by atoms with van der Waals surface area (Å²) in [6.45, 7) is 0. The quantitative estimate of drug-likeness (QED) is 0.737. The Morgan fingerprint density at radius 2 is 2.19 bits per heavy atom. The zero-order chi connectivity index (χ0) is 11.0. The fraction of sp³-hybridized carbons (Fsp3) is 0. The van der Waals surface area contributed by atoms with Gasteiger partial charge in [-0.2, -0.15) is 9.97 Å². The third-order valence-corrected chi connectivity index (χ3v) is 2.16. The first-order chi connectivity index (χ1) is 7.81. The molecule has 0 radical (unpaired) electrons. The first-order valence-electron chi connectivity index (χ1n) is 4.41. The van der Waals surface area contributed by atoms with Crippen LogP contribution in [0.4, 0.5) is 12.0 Å². The van der Waals surface area contributed by atoms with E-state index < -0.39 is 0 Å². The van der Waals surface area contributed by atoms with Crippen molar-refractivity contribution in [3.8, 4) is 0 Å². The number of oxazole rings is 1. The molecule has 1 aromatic carbocycles. The molecule has 2 heterocycles. The van der Waals surface area contributed by atoms with Crippen molar-refractivity contribution < 1.29 is 8.94 Å². The summed E-state index contributed by atoms with van der Waals surface area (Å²) in [5.74, 6) is 0. The third-order valence-electron chi connectivity index (χ3n) is 1.93. The Kier molecular flexibility index (Phi) is 2.00. The van der Waals surface area contributed by atoms with Crippen molar-refractivity contribution >= 4 is 34.7 Å². The van der Waals surface area contributed by atoms with Crippen LogP contribution in [-0.4, -0.2) is 15.1 Å². The number of aromatic nitrogens is 3. The molecule has 1 N–H and O–H groups in total. The van der Waals surface area contributed by atoms with Crippen molar-refractivity contribution in [3.05, 3.63) is 29.5 Å². The van der Waals surface area contributed by atoms with Gasteiger partial charge < -0.3 is 8.94 Å². The largest absolute Gasteiger partial charge is 0.423 e. The molecule has 3 aromatic rings. The maximum absolute atomic E-state index is 5.82. The number of anilines is 2. The standard InChI is InChI=1S/C9H5ClN4O2/c10-5-1-2-6-7(3-5)15-9(13-6)14-8-11-4-12-16-8/h1-4H,(H,11,12,13,14). The van der Waals surface area contributed by atoms with Crippen molar-refractivity contribution in [1.29, 1.82) is 0 Å². The third kappa shape index (κ3) is 1.59. The molecular formula is C9H5ClN4O2. The predicted octanol–water partition coefficient (Wildman–Crippen LogP) is 2.61. The highest BCUT2D eigenvalue weighted by atomic mass is 35.5. The van der Waals surface area contributed by atoms with Crippen LogP contribution in [0.2, 0.25) is 5.02 Å². The van der Waals surface area contributed by atoms with Crippen LogP contribution in [0.3, 0.4) is 0 Å². The van der Waals surface area contributed by atoms with E-state index in [2.05, 4.69) is 20.4 Å². The van der Waals surface area contributed by atoms with Crippen LogP contribution in [0.25, 0.3) is 11.1 Å². The van der Waals surface area contributed by atoms with Crippen LogP contribution in [0.15, 0.2) is 33.5 Å². The molecule has 0 amide bonds. The lowest BCUT2D eigenvalue weighted by molar-refractivity contribution is 0.430. The molecule has 0 fully saturated rings. The van der Waals surface area contributed by atoms with E-state index in [1.54, 1.807) is 18.2 Å². The van der Waals surface area contributed by atoms with Gasteiger partial charge in [-0.15, -0.1) is 0 Å². The van der Waals surface area contributed by atoms with Gasteiger partial charge in [-0.3, -0.25) is 5.32 Å². The van der Waals surface area contributed by atoms with Crippen LogP contribution in [0.5, 0.6) is 0 Å². The van der Waals surface area contributed by atoms with Crippen LogP contribution in [0, 0.1) is 0 Å². The maximum atomic E-state index is 5.82. The molecule has 0 aliphatic carbocycles. The fourth-order valence-electron chi connectivity index (χ4n) is 1.27. The number of hydrogen-bond donors (Lipinski definition) is 1. The number of halogens is 1. The monoisotopic (exact) mass is 236 g/mol. The minimum atomic E-state index is 0.220. The van der Waals surface area contributed by atoms with Crippen LogP contribution in [-0.2, 0) is 0 Å². The van der Waals surface area contributed by atoms with Gasteiger partial charge in [0, 0.05) is 11.1 Å². The van der Waals surface area contributed by atoms with E-state index in [4.69, 9.17) is 20.5 Å². The lowest BCUT2D eigenvalue weighted by atomic mass is 10.3. The summed E-state index contributed by atoms with van der Waals surface area (Å²) in [5, 5.41) is 6.77. The van der Waals surface area contributed by atoms with Gasteiger partial charge in [0.05, 0.1) is 0 Å². The number of hydrogen-bond acceptors (Lipinski definition) is 6. The molecule has 0 bridgehead atoms. The van der Waals surface area contributed by atoms with Gasteiger partial charge in [-0.1, -0.05) is 16.8 Å². The van der Waals surface area contributed by atoms with E-state index in [1.165, 1.54) is 6.33 Å². The first kappa shape index (κ1) is 9.17. The molecule has 6 nitrogen and oxygen atoms in total. The van der Waals surface area contributed by atoms with Gasteiger partial charge in [0.25, 0.3) is 0 Å². The van der Waals surface area contributed by atoms with Crippen LogP contribution >= 0.6 is 11.6 Å². The molecule has 2 aromatic heterocycles. The highest BCUT2D eigenvalue weighted by Gasteiger charge is 2.08. The van der Waals surface area contributed by atoms with Gasteiger partial charge in [0.1, 0.15) is 5.52 Å². The molecule has 80 valence electrons. The molecule has 0 atom stereocenters. The van der Waals surface area contributed by atoms with E-state index >= 15 is 0 Å². The zero-order valence-corrected chi connectivity index (χ0v) is 8.60. The Morgan fingerprint density at radius 1 is 1.25 bits per heavy atom. The van der Waals surface area contributed by atoms with Crippen LogP contribution in [0.1, 0.15) is 0 Å². The van der Waals surface area contributed by atoms with Crippen molar-refractivity contribution in [3.63, 3.8) is 0 Å². The van der Waals surface area contributed by atoms with Crippen LogP contribution < -0.4 is 5.32 Å². The Balaban J connectivity index is 1.99. The topological polar surface area (TPSA) is 77.0 Å². The van der Waals surface area contributed by atoms with E-state index in [0.717, 1.165) is 0 Å². The molecule has 3 rings (SSSR count). The SMILES string of the molecule is Clc1ccc2nc(Nc3ncno3)oc2c1. The zero-order valence-electron chi connectivity index (χ0n) is 7.85. The smallest absolute Gasteiger partial charge is 0.329 e. The summed E-state index contributed by atoms with van der Waals surface area (Å²) >= 11 is 5.82. The minimum absolute atomic E-state index is 0.220. The molecule has 0 saturated heterocycles. The van der Waals surface area contributed by atoms with Gasteiger partial charge >= 0.3 is 12.0 Å². The molecule has 0 unspecified atom stereocenters. The average Bonchev–Trinajstić information content (AvgIpc) is 2.86. The van der Waals surface area contributed by atoms with Gasteiger partial charge in [0.2, 0.25) is 0 Å². The molecule has 7 heteroatoms. The molecule has 0 aliphatic rings. The highest BCUT2D eigenvalue weighted by Crippen LogP contribution is 2.23. The molecule has 16 heavy (non-hydrogen) atoms. The number of nitrogens with zero attached hydrogens (tertiary/aromatic N) is 3. The predicted molar refractivity (Wildman–Crippen MR) is 56.6 cm³/mol. The van der Waals surface area contributed by atoms with E-state index in [1.807, 2.05) is 0 Å². The Labute approximate surface area is 94.2 Å². The Hall–Kier alpha value is -2.08. The summed E-state index contributed by atoms with van der Waals surface area (Å²) < 4.78 is 10.1. The Bertz CT molecular complexity index is 620. The number of fused-ring (bicyclic) bond motifs is 1. The molecule has 0 saturated carbocycles. The molecule has 0 spiro atoms. The Morgan fingerprint density at radius 3 is 3.00 bits per heavy atom. The summed E-state index contributed by atoms with van der Waals surface area (Å²) in [6.07, 6.45) is 1.28. The van der Waals surface area contributed by atoms with Gasteiger partial charge in [0.15, 0.2) is 11.9 Å². The highest BCUT2D eigenvalue weighted by molar-refractivity contribution is 6.31. The van der Waals surface area contributed by atoms with Gasteiger partial charge in [-0.05, 0) is 12.1 Å². The van der Waals surface area contributed by atoms with E-state index in [9.17, 15) is 0 Å². The lowest BCUT2D eigenvalue weighted by Crippen LogP contribution is -1.89. The second kappa shape index (κ2) is 3.49. The first-order valence-corrected chi connectivity index (χ1v) is 4.79. The van der Waals surface area contributed by atoms with Gasteiger partial charge in [-0.25, -0.2) is 0 Å². The summed E-state index contributed by atoms with van der Waals surface area (Å²) in [6, 6.07) is 5.69. The second-order valence-electron chi connectivity index (χ2n) is 3.00. The molecule has 0 aliphatic heterocycles. The number of rotatable bonds is 2. The molecular weight excluding hydrogens is 232 g/mol. The maximum Gasteiger partial charge on any atom is 0.329 e. The van der Waals surface area contributed by atoms with Crippen molar-refractivity contribution in [1.82, 2.24) is 15.1 Å². The van der Waals surface area contributed by atoms with Crippen molar-refractivity contribution in [2.75, 3.05) is 5.32 Å². The van der Waals surface area contributed by atoms with E-state index in [0.29, 0.717) is 16.1 Å². The summed E-state index contributed by atoms with van der Waals surface area (Å²) in [7, 11) is 0. The number of nitrogens with one attached hydrogen (secondary N) is 1. The number of benzene rings is 1. The van der Waals surface area contributed by atoms with Crippen molar-refractivity contribution in [2.45, 2.75) is 0 Å². The lowest BCUT2D eigenvalue weighted by Gasteiger charge is -1.90. The normalized spacial score (nSPS) is 10.8. The summed E-state index contributed by atoms with van der Waals surface area (Å²) in [4.78, 5) is 7.95. The average molecular weight is 237 g/mol. The fourth-order valence-corrected chi connectivity index (χ4v) is 1.43.